The fourth-order valence-electron chi connectivity index (χ4n) is 1.24. The molecule has 0 atom stereocenters. The van der Waals surface area contributed by atoms with Crippen LogP contribution in [0.3, 0.4) is 0 Å². The third-order valence-corrected chi connectivity index (χ3v) is 2.74. The first kappa shape index (κ1) is 12.5. The number of methoxy groups -OCH3 is 1. The number of hydrogen-bond acceptors (Lipinski definition) is 4. The zero-order chi connectivity index (χ0) is 13.1. The minimum absolute atomic E-state index is 0.101. The van der Waals surface area contributed by atoms with Gasteiger partial charge >= 0.3 is 6.01 Å². The number of ether oxygens (including phenoxy) is 1. The topological polar surface area (TPSA) is 79.9 Å². The minimum Gasteiger partial charge on any atom is -0.466 e. The van der Waals surface area contributed by atoms with Gasteiger partial charge in [0.15, 0.2) is 0 Å². The molecule has 2 aromatic rings. The maximum absolute atomic E-state index is 13.0. The standard InChI is InChI=1S/C10H8BrFN4O2/c1-18-10-14-9(15-16-10)13-8(17)6-4-5(12)2-3-7(6)11/h2-4H,1H3,(H2,13,14,15,16,17). The second kappa shape index (κ2) is 5.13. The van der Waals surface area contributed by atoms with Crippen molar-refractivity contribution in [1.29, 1.82) is 0 Å². The number of nitrogens with one attached hydrogen (secondary N) is 2. The highest BCUT2D eigenvalue weighted by Gasteiger charge is 2.13. The molecule has 0 aliphatic heterocycles. The molecule has 6 nitrogen and oxygen atoms in total. The van der Waals surface area contributed by atoms with E-state index in [-0.39, 0.29) is 17.5 Å². The van der Waals surface area contributed by atoms with Crippen molar-refractivity contribution < 1.29 is 13.9 Å². The summed E-state index contributed by atoms with van der Waals surface area (Å²) in [5.41, 5.74) is 0.158. The van der Waals surface area contributed by atoms with Crippen molar-refractivity contribution >= 4 is 27.8 Å². The van der Waals surface area contributed by atoms with Crippen molar-refractivity contribution in [1.82, 2.24) is 15.2 Å². The molecule has 0 spiro atoms. The van der Waals surface area contributed by atoms with Crippen LogP contribution in [-0.4, -0.2) is 28.2 Å². The summed E-state index contributed by atoms with van der Waals surface area (Å²) in [6, 6.07) is 3.92. The SMILES string of the molecule is COc1n[nH]c(NC(=O)c2cc(F)ccc2Br)n1. The zero-order valence-electron chi connectivity index (χ0n) is 9.20. The number of carbonyl (C=O) groups excluding carboxylic acids is 1. The van der Waals surface area contributed by atoms with Gasteiger partial charge in [-0.1, -0.05) is 0 Å². The van der Waals surface area contributed by atoms with Gasteiger partial charge in [-0.2, -0.15) is 4.98 Å². The Bertz CT molecular complexity index is 587. The van der Waals surface area contributed by atoms with E-state index in [2.05, 4.69) is 36.4 Å². The van der Waals surface area contributed by atoms with Crippen LogP contribution in [0.2, 0.25) is 0 Å². The van der Waals surface area contributed by atoms with E-state index in [1.54, 1.807) is 0 Å². The van der Waals surface area contributed by atoms with E-state index in [0.717, 1.165) is 6.07 Å². The maximum atomic E-state index is 13.0. The number of aromatic nitrogens is 3. The predicted octanol–water partition coefficient (Wildman–Crippen LogP) is 1.97. The fourth-order valence-corrected chi connectivity index (χ4v) is 1.67. The smallest absolute Gasteiger partial charge is 0.336 e. The summed E-state index contributed by atoms with van der Waals surface area (Å²) in [4.78, 5) is 15.7. The second-order valence-electron chi connectivity index (χ2n) is 3.25. The lowest BCUT2D eigenvalue weighted by atomic mass is 10.2. The molecule has 0 saturated heterocycles. The van der Waals surface area contributed by atoms with Gasteiger partial charge in [-0.15, -0.1) is 5.10 Å². The summed E-state index contributed by atoms with van der Waals surface area (Å²) in [5.74, 6) is -0.897. The summed E-state index contributed by atoms with van der Waals surface area (Å²) in [6.07, 6.45) is 0. The number of rotatable bonds is 3. The molecule has 18 heavy (non-hydrogen) atoms. The lowest BCUT2D eigenvalue weighted by Gasteiger charge is -2.03. The highest BCUT2D eigenvalue weighted by molar-refractivity contribution is 9.10. The van der Waals surface area contributed by atoms with Gasteiger partial charge in [0.2, 0.25) is 5.95 Å². The largest absolute Gasteiger partial charge is 0.466 e. The van der Waals surface area contributed by atoms with Crippen LogP contribution in [0.4, 0.5) is 10.3 Å². The van der Waals surface area contributed by atoms with E-state index in [4.69, 9.17) is 4.74 Å². The highest BCUT2D eigenvalue weighted by atomic mass is 79.9. The number of anilines is 1. The van der Waals surface area contributed by atoms with Gasteiger partial charge < -0.3 is 4.74 Å². The Labute approximate surface area is 110 Å². The molecule has 0 unspecified atom stereocenters. The molecule has 0 fully saturated rings. The van der Waals surface area contributed by atoms with Gasteiger partial charge in [-0.3, -0.25) is 10.1 Å². The van der Waals surface area contributed by atoms with Gasteiger partial charge in [0.25, 0.3) is 5.91 Å². The van der Waals surface area contributed by atoms with Crippen LogP contribution in [0.25, 0.3) is 0 Å². The monoisotopic (exact) mass is 314 g/mol. The van der Waals surface area contributed by atoms with Gasteiger partial charge in [-0.25, -0.2) is 9.49 Å². The van der Waals surface area contributed by atoms with E-state index in [1.165, 1.54) is 19.2 Å². The van der Waals surface area contributed by atoms with Gasteiger partial charge in [-0.05, 0) is 34.1 Å². The first-order valence-corrected chi connectivity index (χ1v) is 5.62. The first-order valence-electron chi connectivity index (χ1n) is 4.83. The number of H-pyrrole nitrogens is 1. The van der Waals surface area contributed by atoms with Gasteiger partial charge in [0.05, 0.1) is 12.7 Å². The lowest BCUT2D eigenvalue weighted by molar-refractivity contribution is 0.102. The average Bonchev–Trinajstić information content (AvgIpc) is 2.80. The van der Waals surface area contributed by atoms with Crippen LogP contribution in [0.15, 0.2) is 22.7 Å². The fraction of sp³-hybridized carbons (Fsp3) is 0.100. The highest BCUT2D eigenvalue weighted by Crippen LogP contribution is 2.19. The molecule has 0 bridgehead atoms. The molecular weight excluding hydrogens is 307 g/mol. The van der Waals surface area contributed by atoms with Crippen LogP contribution in [0.1, 0.15) is 10.4 Å². The molecule has 0 aliphatic rings. The van der Waals surface area contributed by atoms with Crippen molar-refractivity contribution in [3.63, 3.8) is 0 Å². The van der Waals surface area contributed by atoms with Crippen LogP contribution < -0.4 is 10.1 Å². The van der Waals surface area contributed by atoms with E-state index >= 15 is 0 Å². The quantitative estimate of drug-likeness (QED) is 0.907. The Morgan fingerprint density at radius 1 is 1.56 bits per heavy atom. The van der Waals surface area contributed by atoms with Crippen molar-refractivity contribution in [2.75, 3.05) is 12.4 Å². The van der Waals surface area contributed by atoms with E-state index in [9.17, 15) is 9.18 Å². The van der Waals surface area contributed by atoms with Gasteiger partial charge in [0.1, 0.15) is 5.82 Å². The van der Waals surface area contributed by atoms with Crippen molar-refractivity contribution in [3.05, 3.63) is 34.1 Å². The van der Waals surface area contributed by atoms with Crippen molar-refractivity contribution in [3.8, 4) is 6.01 Å². The number of benzene rings is 1. The van der Waals surface area contributed by atoms with Crippen molar-refractivity contribution in [2.24, 2.45) is 0 Å². The average molecular weight is 315 g/mol. The zero-order valence-corrected chi connectivity index (χ0v) is 10.8. The molecule has 1 aromatic carbocycles. The number of aromatic amines is 1. The first-order chi connectivity index (χ1) is 8.60. The molecule has 1 amide bonds. The van der Waals surface area contributed by atoms with E-state index in [1.807, 2.05) is 0 Å². The normalized spacial score (nSPS) is 10.2. The summed E-state index contributed by atoms with van der Waals surface area (Å²) in [7, 11) is 1.40. The summed E-state index contributed by atoms with van der Waals surface area (Å²) >= 11 is 3.16. The molecule has 8 heteroatoms. The van der Waals surface area contributed by atoms with Crippen LogP contribution in [0, 0.1) is 5.82 Å². The Hall–Kier alpha value is -1.96. The molecule has 0 aliphatic carbocycles. The molecule has 1 heterocycles. The molecule has 1 aromatic heterocycles. The number of hydrogen-bond donors (Lipinski definition) is 2. The predicted molar refractivity (Wildman–Crippen MR) is 65.0 cm³/mol. The maximum Gasteiger partial charge on any atom is 0.336 e. The van der Waals surface area contributed by atoms with E-state index < -0.39 is 11.7 Å². The summed E-state index contributed by atoms with van der Waals surface area (Å²) in [6.45, 7) is 0. The third kappa shape index (κ3) is 2.65. The summed E-state index contributed by atoms with van der Waals surface area (Å²) in [5, 5.41) is 8.56. The number of amides is 1. The van der Waals surface area contributed by atoms with Crippen LogP contribution in [-0.2, 0) is 0 Å². The lowest BCUT2D eigenvalue weighted by Crippen LogP contribution is -2.14. The number of carbonyl (C=O) groups is 1. The number of halogens is 2. The molecular formula is C10H8BrFN4O2. The Morgan fingerprint density at radius 3 is 3.00 bits per heavy atom. The summed E-state index contributed by atoms with van der Waals surface area (Å²) < 4.78 is 18.3. The molecule has 2 N–H and O–H groups in total. The molecule has 0 saturated carbocycles. The Kier molecular flexibility index (Phi) is 3.56. The molecule has 2 rings (SSSR count). The van der Waals surface area contributed by atoms with E-state index in [0.29, 0.717) is 4.47 Å². The second-order valence-corrected chi connectivity index (χ2v) is 4.10. The van der Waals surface area contributed by atoms with Crippen LogP contribution in [0.5, 0.6) is 6.01 Å². The third-order valence-electron chi connectivity index (χ3n) is 2.05. The Balaban J connectivity index is 2.19. The number of nitrogens with zero attached hydrogens (tertiary/aromatic N) is 2. The Morgan fingerprint density at radius 2 is 2.33 bits per heavy atom. The van der Waals surface area contributed by atoms with Gasteiger partial charge in [0, 0.05) is 4.47 Å². The van der Waals surface area contributed by atoms with Crippen LogP contribution >= 0.6 is 15.9 Å². The van der Waals surface area contributed by atoms with Crippen molar-refractivity contribution in [2.45, 2.75) is 0 Å². The molecule has 0 radical (unpaired) electrons. The minimum atomic E-state index is -0.514. The molecule has 94 valence electrons.